The Morgan fingerprint density at radius 1 is 1.45 bits per heavy atom. The zero-order valence-corrected chi connectivity index (χ0v) is 11.0. The first-order valence-electron chi connectivity index (χ1n) is 6.34. The number of rotatable bonds is 3. The van der Waals surface area contributed by atoms with Gasteiger partial charge < -0.3 is 14.8 Å². The summed E-state index contributed by atoms with van der Waals surface area (Å²) in [5, 5.41) is 12.4. The van der Waals surface area contributed by atoms with Crippen LogP contribution in [0.25, 0.3) is 0 Å². The maximum Gasteiger partial charge on any atom is 0.321 e. The Hall–Kier alpha value is -2.34. The van der Waals surface area contributed by atoms with E-state index >= 15 is 0 Å². The van der Waals surface area contributed by atoms with Crippen LogP contribution < -0.4 is 10.1 Å². The minimum Gasteiger partial charge on any atom is -0.496 e. The number of carbonyl (C=O) groups is 1. The summed E-state index contributed by atoms with van der Waals surface area (Å²) in [6.07, 6.45) is 2.00. The minimum absolute atomic E-state index is 0.290. The van der Waals surface area contributed by atoms with Gasteiger partial charge in [0.05, 0.1) is 25.2 Å². The van der Waals surface area contributed by atoms with E-state index in [9.17, 15) is 9.90 Å². The summed E-state index contributed by atoms with van der Waals surface area (Å²) < 4.78 is 5.36. The Bertz CT molecular complexity index is 638. The number of H-pyrrole nitrogens is 1. The number of fused-ring (bicyclic) bond motifs is 1. The SMILES string of the molecule is COc1ccccc1[C@@H]1N[C@@H](C(=O)O)Cc2[nH]cnc21. The van der Waals surface area contributed by atoms with Crippen molar-refractivity contribution in [3.63, 3.8) is 0 Å². The van der Waals surface area contributed by atoms with Crippen molar-refractivity contribution in [1.29, 1.82) is 0 Å². The van der Waals surface area contributed by atoms with Gasteiger partial charge in [-0.1, -0.05) is 18.2 Å². The van der Waals surface area contributed by atoms with Crippen LogP contribution in [0.15, 0.2) is 30.6 Å². The molecule has 0 saturated heterocycles. The Labute approximate surface area is 115 Å². The lowest BCUT2D eigenvalue weighted by molar-refractivity contribution is -0.139. The van der Waals surface area contributed by atoms with Crippen LogP contribution in [-0.4, -0.2) is 34.2 Å². The number of benzene rings is 1. The molecule has 6 nitrogen and oxygen atoms in total. The number of aromatic amines is 1. The van der Waals surface area contributed by atoms with Gasteiger partial charge in [0.1, 0.15) is 11.8 Å². The van der Waals surface area contributed by atoms with E-state index in [0.717, 1.165) is 17.0 Å². The molecule has 3 rings (SSSR count). The predicted octanol–water partition coefficient (Wildman–Crippen LogP) is 1.11. The molecule has 0 amide bonds. The van der Waals surface area contributed by atoms with Gasteiger partial charge in [-0.15, -0.1) is 0 Å². The molecule has 6 heteroatoms. The molecular weight excluding hydrogens is 258 g/mol. The third kappa shape index (κ3) is 2.04. The maximum atomic E-state index is 11.3. The lowest BCUT2D eigenvalue weighted by atomic mass is 9.93. The number of aromatic nitrogens is 2. The summed E-state index contributed by atoms with van der Waals surface area (Å²) in [7, 11) is 1.60. The predicted molar refractivity (Wildman–Crippen MR) is 71.7 cm³/mol. The van der Waals surface area contributed by atoms with E-state index in [4.69, 9.17) is 4.74 Å². The van der Waals surface area contributed by atoms with E-state index in [0.29, 0.717) is 12.2 Å². The summed E-state index contributed by atoms with van der Waals surface area (Å²) >= 11 is 0. The molecule has 0 fully saturated rings. The topological polar surface area (TPSA) is 87.2 Å². The van der Waals surface area contributed by atoms with Crippen molar-refractivity contribution in [2.24, 2.45) is 0 Å². The molecule has 1 aromatic heterocycles. The Morgan fingerprint density at radius 2 is 2.25 bits per heavy atom. The first kappa shape index (κ1) is 12.7. The molecule has 20 heavy (non-hydrogen) atoms. The van der Waals surface area contributed by atoms with Gasteiger partial charge in [0.15, 0.2) is 0 Å². The Morgan fingerprint density at radius 3 is 3.00 bits per heavy atom. The van der Waals surface area contributed by atoms with Crippen LogP contribution in [0.2, 0.25) is 0 Å². The van der Waals surface area contributed by atoms with Gasteiger partial charge in [-0.25, -0.2) is 4.98 Å². The summed E-state index contributed by atoms with van der Waals surface area (Å²) in [5.41, 5.74) is 2.56. The average molecular weight is 273 g/mol. The second-order valence-electron chi connectivity index (χ2n) is 4.70. The van der Waals surface area contributed by atoms with Crippen LogP contribution in [0.3, 0.4) is 0 Å². The fraction of sp³-hybridized carbons (Fsp3) is 0.286. The highest BCUT2D eigenvalue weighted by Gasteiger charge is 2.34. The van der Waals surface area contributed by atoms with Crippen molar-refractivity contribution in [2.45, 2.75) is 18.5 Å². The van der Waals surface area contributed by atoms with Gasteiger partial charge in [-0.3, -0.25) is 10.1 Å². The second-order valence-corrected chi connectivity index (χ2v) is 4.70. The highest BCUT2D eigenvalue weighted by molar-refractivity contribution is 5.74. The second kappa shape index (κ2) is 4.97. The molecule has 1 aliphatic rings. The minimum atomic E-state index is -0.870. The van der Waals surface area contributed by atoms with Crippen LogP contribution in [0.1, 0.15) is 23.0 Å². The first-order chi connectivity index (χ1) is 9.70. The summed E-state index contributed by atoms with van der Waals surface area (Å²) in [6, 6.07) is 6.62. The van der Waals surface area contributed by atoms with E-state index in [-0.39, 0.29) is 6.04 Å². The number of carboxylic acids is 1. The van der Waals surface area contributed by atoms with Gasteiger partial charge in [0, 0.05) is 17.7 Å². The summed E-state index contributed by atoms with van der Waals surface area (Å²) in [4.78, 5) is 18.6. The number of hydrogen-bond donors (Lipinski definition) is 3. The smallest absolute Gasteiger partial charge is 0.321 e. The molecule has 0 bridgehead atoms. The van der Waals surface area contributed by atoms with E-state index in [2.05, 4.69) is 15.3 Å². The van der Waals surface area contributed by atoms with Crippen LogP contribution in [-0.2, 0) is 11.2 Å². The van der Waals surface area contributed by atoms with Gasteiger partial charge in [0.2, 0.25) is 0 Å². The number of methoxy groups -OCH3 is 1. The van der Waals surface area contributed by atoms with E-state index in [1.54, 1.807) is 13.4 Å². The zero-order chi connectivity index (χ0) is 14.1. The average Bonchev–Trinajstić information content (AvgIpc) is 2.94. The highest BCUT2D eigenvalue weighted by Crippen LogP contribution is 2.33. The quantitative estimate of drug-likeness (QED) is 0.779. The van der Waals surface area contributed by atoms with Gasteiger partial charge >= 0.3 is 5.97 Å². The number of aliphatic carboxylic acids is 1. The normalized spacial score (nSPS) is 21.2. The number of hydrogen-bond acceptors (Lipinski definition) is 4. The van der Waals surface area contributed by atoms with Gasteiger partial charge in [-0.2, -0.15) is 0 Å². The zero-order valence-electron chi connectivity index (χ0n) is 11.0. The number of para-hydroxylation sites is 1. The summed E-state index contributed by atoms with van der Waals surface area (Å²) in [6.45, 7) is 0. The van der Waals surface area contributed by atoms with E-state index in [1.165, 1.54) is 0 Å². The van der Waals surface area contributed by atoms with Crippen molar-refractivity contribution in [3.05, 3.63) is 47.5 Å². The highest BCUT2D eigenvalue weighted by atomic mass is 16.5. The van der Waals surface area contributed by atoms with Crippen molar-refractivity contribution >= 4 is 5.97 Å². The molecular formula is C14H15N3O3. The van der Waals surface area contributed by atoms with E-state index < -0.39 is 12.0 Å². The maximum absolute atomic E-state index is 11.3. The van der Waals surface area contributed by atoms with Crippen molar-refractivity contribution in [2.75, 3.05) is 7.11 Å². The van der Waals surface area contributed by atoms with Crippen molar-refractivity contribution in [3.8, 4) is 5.75 Å². The molecule has 104 valence electrons. The largest absolute Gasteiger partial charge is 0.496 e. The standard InChI is InChI=1S/C14H15N3O3/c1-20-11-5-3-2-4-8(11)12-13-9(15-7-16-13)6-10(17-12)14(18)19/h2-5,7,10,12,17H,6H2,1H3,(H,15,16)(H,18,19)/t10-,12+/m1/s1. The molecule has 0 saturated carbocycles. The molecule has 2 atom stereocenters. The third-order valence-corrected chi connectivity index (χ3v) is 3.55. The molecule has 1 aliphatic heterocycles. The third-order valence-electron chi connectivity index (χ3n) is 3.55. The Balaban J connectivity index is 2.06. The van der Waals surface area contributed by atoms with Crippen LogP contribution in [0.5, 0.6) is 5.75 Å². The Kier molecular flexibility index (Phi) is 3.15. The lowest BCUT2D eigenvalue weighted by Gasteiger charge is -2.29. The summed E-state index contributed by atoms with van der Waals surface area (Å²) in [5.74, 6) is -0.157. The van der Waals surface area contributed by atoms with Crippen molar-refractivity contribution in [1.82, 2.24) is 15.3 Å². The number of carboxylic acid groups (broad SMARTS) is 1. The fourth-order valence-corrected chi connectivity index (χ4v) is 2.59. The monoisotopic (exact) mass is 273 g/mol. The van der Waals surface area contributed by atoms with Crippen LogP contribution in [0, 0.1) is 0 Å². The fourth-order valence-electron chi connectivity index (χ4n) is 2.59. The molecule has 0 spiro atoms. The molecule has 0 radical (unpaired) electrons. The lowest BCUT2D eigenvalue weighted by Crippen LogP contribution is -2.45. The number of nitrogens with one attached hydrogen (secondary N) is 2. The van der Waals surface area contributed by atoms with E-state index in [1.807, 2.05) is 24.3 Å². The molecule has 1 aromatic carbocycles. The van der Waals surface area contributed by atoms with Crippen LogP contribution >= 0.6 is 0 Å². The van der Waals surface area contributed by atoms with Gasteiger partial charge in [-0.05, 0) is 6.07 Å². The molecule has 2 heterocycles. The van der Waals surface area contributed by atoms with Gasteiger partial charge in [0.25, 0.3) is 0 Å². The molecule has 0 aliphatic carbocycles. The van der Waals surface area contributed by atoms with Crippen molar-refractivity contribution < 1.29 is 14.6 Å². The molecule has 2 aromatic rings. The first-order valence-corrected chi connectivity index (χ1v) is 6.34. The number of nitrogens with zero attached hydrogens (tertiary/aromatic N) is 1. The number of imidazole rings is 1. The van der Waals surface area contributed by atoms with Crippen LogP contribution in [0.4, 0.5) is 0 Å². The molecule has 0 unspecified atom stereocenters. The molecule has 3 N–H and O–H groups in total. The number of ether oxygens (including phenoxy) is 1.